The number of carbonyl (C=O) groups is 1. The van der Waals surface area contributed by atoms with Crippen LogP contribution in [0, 0.1) is 0 Å². The lowest BCUT2D eigenvalue weighted by Gasteiger charge is -2.31. The molecule has 1 aliphatic heterocycles. The van der Waals surface area contributed by atoms with Gasteiger partial charge in [-0.05, 0) is 37.1 Å². The molecule has 1 fully saturated rings. The van der Waals surface area contributed by atoms with E-state index in [1.54, 1.807) is 30.7 Å². The van der Waals surface area contributed by atoms with Gasteiger partial charge < -0.3 is 4.90 Å². The van der Waals surface area contributed by atoms with Gasteiger partial charge in [0, 0.05) is 55.6 Å². The Balaban J connectivity index is 1.51. The van der Waals surface area contributed by atoms with Crippen LogP contribution in [0.25, 0.3) is 11.0 Å². The van der Waals surface area contributed by atoms with Crippen molar-refractivity contribution < 1.29 is 4.79 Å². The maximum absolute atomic E-state index is 12.5. The first-order chi connectivity index (χ1) is 11.7. The minimum absolute atomic E-state index is 0.0865. The van der Waals surface area contributed by atoms with Gasteiger partial charge in [-0.15, -0.1) is 0 Å². The number of hydrogen-bond donors (Lipinski definition) is 0. The van der Waals surface area contributed by atoms with E-state index in [4.69, 9.17) is 0 Å². The zero-order valence-electron chi connectivity index (χ0n) is 13.6. The summed E-state index contributed by atoms with van der Waals surface area (Å²) in [5, 5.41) is 5.81. The molecule has 122 valence electrons. The third kappa shape index (κ3) is 2.54. The molecule has 0 spiro atoms. The summed E-state index contributed by atoms with van der Waals surface area (Å²) in [6.07, 6.45) is 6.97. The van der Waals surface area contributed by atoms with Gasteiger partial charge in [0.1, 0.15) is 0 Å². The van der Waals surface area contributed by atoms with Gasteiger partial charge >= 0.3 is 0 Å². The summed E-state index contributed by atoms with van der Waals surface area (Å²) in [6.45, 7) is 1.51. The largest absolute Gasteiger partial charge is 0.339 e. The van der Waals surface area contributed by atoms with Gasteiger partial charge in [0.2, 0.25) is 0 Å². The molecule has 24 heavy (non-hydrogen) atoms. The molecule has 0 saturated carbocycles. The highest BCUT2D eigenvalue weighted by molar-refractivity contribution is 5.94. The van der Waals surface area contributed by atoms with Crippen molar-refractivity contribution in [3.63, 3.8) is 0 Å². The summed E-state index contributed by atoms with van der Waals surface area (Å²) in [6, 6.07) is 7.58. The molecule has 3 aromatic heterocycles. The minimum Gasteiger partial charge on any atom is -0.339 e. The number of piperidine rings is 1. The Labute approximate surface area is 140 Å². The van der Waals surface area contributed by atoms with E-state index in [1.165, 1.54) is 0 Å². The van der Waals surface area contributed by atoms with Crippen LogP contribution in [0.15, 0.2) is 42.9 Å². The van der Waals surface area contributed by atoms with Crippen molar-refractivity contribution in [2.45, 2.75) is 18.8 Å². The van der Waals surface area contributed by atoms with E-state index < -0.39 is 0 Å². The van der Waals surface area contributed by atoms with Crippen molar-refractivity contribution in [3.05, 3.63) is 54.1 Å². The van der Waals surface area contributed by atoms with Crippen LogP contribution in [0.2, 0.25) is 0 Å². The van der Waals surface area contributed by atoms with E-state index >= 15 is 0 Å². The summed E-state index contributed by atoms with van der Waals surface area (Å²) in [4.78, 5) is 22.8. The normalized spacial score (nSPS) is 15.8. The van der Waals surface area contributed by atoms with Gasteiger partial charge in [0.25, 0.3) is 5.91 Å². The molecule has 0 aliphatic carbocycles. The summed E-state index contributed by atoms with van der Waals surface area (Å²) < 4.78 is 1.85. The molecule has 0 N–H and O–H groups in total. The molecule has 0 bridgehead atoms. The van der Waals surface area contributed by atoms with Gasteiger partial charge in [0.15, 0.2) is 5.65 Å². The third-order valence-electron chi connectivity index (χ3n) is 4.72. The Hall–Kier alpha value is -2.76. The Bertz CT molecular complexity index is 866. The summed E-state index contributed by atoms with van der Waals surface area (Å²) >= 11 is 0. The number of rotatable bonds is 2. The van der Waals surface area contributed by atoms with Crippen molar-refractivity contribution in [2.24, 2.45) is 7.05 Å². The third-order valence-corrected chi connectivity index (χ3v) is 4.72. The average molecular weight is 321 g/mol. The molecule has 0 atom stereocenters. The molecule has 0 radical (unpaired) electrons. The van der Waals surface area contributed by atoms with E-state index in [-0.39, 0.29) is 5.91 Å². The van der Waals surface area contributed by atoms with E-state index in [1.807, 2.05) is 22.7 Å². The fourth-order valence-corrected chi connectivity index (χ4v) is 3.45. The highest BCUT2D eigenvalue weighted by Crippen LogP contribution is 2.31. The molecular formula is C18H19N5O. The minimum atomic E-state index is 0.0865. The number of nitrogens with zero attached hydrogens (tertiary/aromatic N) is 5. The van der Waals surface area contributed by atoms with Gasteiger partial charge in [-0.3, -0.25) is 14.5 Å². The molecule has 1 amide bonds. The quantitative estimate of drug-likeness (QED) is 0.727. The first-order valence-corrected chi connectivity index (χ1v) is 8.21. The first kappa shape index (κ1) is 14.8. The number of amides is 1. The standard InChI is InChI=1S/C18H19N5O/c1-22-17-15(3-2-8-20-17)16(21-22)13-6-11-23(12-7-13)18(24)14-4-9-19-10-5-14/h2-5,8-10,13H,6-7,11-12H2,1H3. The van der Waals surface area contributed by atoms with Gasteiger partial charge in [-0.2, -0.15) is 5.10 Å². The fourth-order valence-electron chi connectivity index (χ4n) is 3.45. The summed E-state index contributed by atoms with van der Waals surface area (Å²) in [7, 11) is 1.93. The van der Waals surface area contributed by atoms with Crippen molar-refractivity contribution in [3.8, 4) is 0 Å². The molecular weight excluding hydrogens is 302 g/mol. The zero-order valence-corrected chi connectivity index (χ0v) is 13.6. The number of carbonyl (C=O) groups excluding carboxylic acids is 1. The van der Waals surface area contributed by atoms with Crippen molar-refractivity contribution in [2.75, 3.05) is 13.1 Å². The van der Waals surface area contributed by atoms with Crippen LogP contribution >= 0.6 is 0 Å². The molecule has 1 saturated heterocycles. The smallest absolute Gasteiger partial charge is 0.253 e. The Morgan fingerprint density at radius 1 is 1.12 bits per heavy atom. The fraction of sp³-hybridized carbons (Fsp3) is 0.333. The molecule has 4 heterocycles. The zero-order chi connectivity index (χ0) is 16.5. The maximum Gasteiger partial charge on any atom is 0.253 e. The van der Waals surface area contributed by atoms with E-state index in [0.29, 0.717) is 11.5 Å². The molecule has 0 unspecified atom stereocenters. The molecule has 6 heteroatoms. The SMILES string of the molecule is Cn1nc(C2CCN(C(=O)c3ccncc3)CC2)c2cccnc21. The van der Waals surface area contributed by atoms with E-state index in [0.717, 1.165) is 42.7 Å². The van der Waals surface area contributed by atoms with Crippen LogP contribution in [-0.4, -0.2) is 43.6 Å². The van der Waals surface area contributed by atoms with Crippen LogP contribution in [-0.2, 0) is 7.05 Å². The molecule has 6 nitrogen and oxygen atoms in total. The number of hydrogen-bond acceptors (Lipinski definition) is 4. The van der Waals surface area contributed by atoms with Gasteiger partial charge in [-0.1, -0.05) is 0 Å². The first-order valence-electron chi connectivity index (χ1n) is 8.21. The number of aromatic nitrogens is 4. The van der Waals surface area contributed by atoms with E-state index in [9.17, 15) is 4.79 Å². The maximum atomic E-state index is 12.5. The van der Waals surface area contributed by atoms with Gasteiger partial charge in [0.05, 0.1) is 5.69 Å². The highest BCUT2D eigenvalue weighted by atomic mass is 16.2. The monoisotopic (exact) mass is 321 g/mol. The summed E-state index contributed by atoms with van der Waals surface area (Å²) in [5.41, 5.74) is 2.73. The van der Waals surface area contributed by atoms with Crippen molar-refractivity contribution >= 4 is 16.9 Å². The second-order valence-corrected chi connectivity index (χ2v) is 6.19. The average Bonchev–Trinajstić information content (AvgIpc) is 2.99. The lowest BCUT2D eigenvalue weighted by Crippen LogP contribution is -2.38. The Morgan fingerprint density at radius 2 is 1.88 bits per heavy atom. The van der Waals surface area contributed by atoms with Crippen molar-refractivity contribution in [1.82, 2.24) is 24.6 Å². The number of pyridine rings is 2. The number of fused-ring (bicyclic) bond motifs is 1. The van der Waals surface area contributed by atoms with Crippen LogP contribution in [0.3, 0.4) is 0 Å². The van der Waals surface area contributed by atoms with Crippen LogP contribution in [0.4, 0.5) is 0 Å². The van der Waals surface area contributed by atoms with Crippen LogP contribution < -0.4 is 0 Å². The predicted octanol–water partition coefficient (Wildman–Crippen LogP) is 2.38. The topological polar surface area (TPSA) is 63.9 Å². The molecule has 4 rings (SSSR count). The van der Waals surface area contributed by atoms with Crippen LogP contribution in [0.1, 0.15) is 34.8 Å². The van der Waals surface area contributed by atoms with Crippen LogP contribution in [0.5, 0.6) is 0 Å². The van der Waals surface area contributed by atoms with E-state index in [2.05, 4.69) is 21.1 Å². The molecule has 3 aromatic rings. The highest BCUT2D eigenvalue weighted by Gasteiger charge is 2.27. The lowest BCUT2D eigenvalue weighted by atomic mass is 9.92. The Morgan fingerprint density at radius 3 is 2.62 bits per heavy atom. The number of aryl methyl sites for hydroxylation is 1. The second-order valence-electron chi connectivity index (χ2n) is 6.19. The van der Waals surface area contributed by atoms with Gasteiger partial charge in [-0.25, -0.2) is 4.98 Å². The summed E-state index contributed by atoms with van der Waals surface area (Å²) in [5.74, 6) is 0.461. The second kappa shape index (κ2) is 6.03. The number of likely N-dealkylation sites (tertiary alicyclic amines) is 1. The molecule has 0 aromatic carbocycles. The predicted molar refractivity (Wildman–Crippen MR) is 90.6 cm³/mol. The molecule has 1 aliphatic rings. The Kier molecular flexibility index (Phi) is 3.72. The lowest BCUT2D eigenvalue weighted by molar-refractivity contribution is 0.0712. The van der Waals surface area contributed by atoms with Crippen molar-refractivity contribution in [1.29, 1.82) is 0 Å².